The Morgan fingerprint density at radius 3 is 1.66 bits per heavy atom. The average Bonchev–Trinajstić information content (AvgIpc) is 2.89. The summed E-state index contributed by atoms with van der Waals surface area (Å²) in [6.07, 6.45) is 1.45. The van der Waals surface area contributed by atoms with Gasteiger partial charge in [0.2, 0.25) is 5.91 Å². The third kappa shape index (κ3) is 10.2. The number of nitrogens with one attached hydrogen (secondary N) is 2. The topological polar surface area (TPSA) is 41.1 Å². The molecule has 0 radical (unpaired) electrons. The minimum atomic E-state index is 0.0331. The van der Waals surface area contributed by atoms with E-state index in [9.17, 15) is 4.79 Å². The molecule has 0 aliphatic carbocycles. The highest BCUT2D eigenvalue weighted by atomic mass is 79.9. The first-order chi connectivity index (χ1) is 17.1. The van der Waals surface area contributed by atoms with Gasteiger partial charge in [-0.3, -0.25) is 4.79 Å². The molecule has 1 amide bonds. The lowest BCUT2D eigenvalue weighted by molar-refractivity contribution is -0.120. The molecule has 0 heterocycles. The molecule has 3 nitrogen and oxygen atoms in total. The van der Waals surface area contributed by atoms with Crippen LogP contribution in [0.5, 0.6) is 0 Å². The van der Waals surface area contributed by atoms with Crippen LogP contribution in [0, 0.1) is 0 Å². The van der Waals surface area contributed by atoms with Crippen LogP contribution in [0.1, 0.15) is 22.3 Å². The van der Waals surface area contributed by atoms with Gasteiger partial charge in [-0.25, -0.2) is 0 Å². The van der Waals surface area contributed by atoms with Gasteiger partial charge in [0, 0.05) is 22.0 Å². The van der Waals surface area contributed by atoms with Crippen molar-refractivity contribution in [3.8, 4) is 0 Å². The first-order valence-corrected chi connectivity index (χ1v) is 13.2. The maximum absolute atomic E-state index is 11.8. The lowest BCUT2D eigenvalue weighted by Gasteiger charge is -2.06. The lowest BCUT2D eigenvalue weighted by Crippen LogP contribution is -2.24. The Morgan fingerprint density at radius 1 is 0.600 bits per heavy atom. The highest BCUT2D eigenvalue weighted by Crippen LogP contribution is 2.17. The SMILES string of the molecule is Brc1ccccc1CCNCc1ccccc1.O=C(Cc1ccccc1Br)NCc1ccccc1. The largest absolute Gasteiger partial charge is 0.352 e. The normalized spacial score (nSPS) is 10.2. The molecule has 0 saturated carbocycles. The molecule has 35 heavy (non-hydrogen) atoms. The lowest BCUT2D eigenvalue weighted by atomic mass is 10.1. The Bertz CT molecular complexity index is 1170. The molecule has 4 rings (SSSR count). The Labute approximate surface area is 225 Å². The molecule has 0 fully saturated rings. The third-order valence-corrected chi connectivity index (χ3v) is 6.89. The van der Waals surface area contributed by atoms with Crippen molar-refractivity contribution in [2.24, 2.45) is 0 Å². The number of carbonyl (C=O) groups excluding carboxylic acids is 1. The van der Waals surface area contributed by atoms with Gasteiger partial charge in [-0.15, -0.1) is 0 Å². The molecule has 0 atom stereocenters. The minimum Gasteiger partial charge on any atom is -0.352 e. The highest BCUT2D eigenvalue weighted by Gasteiger charge is 2.05. The molecule has 0 bridgehead atoms. The van der Waals surface area contributed by atoms with E-state index in [0.29, 0.717) is 13.0 Å². The summed E-state index contributed by atoms with van der Waals surface area (Å²) >= 11 is 7.01. The van der Waals surface area contributed by atoms with Crippen molar-refractivity contribution in [2.45, 2.75) is 25.9 Å². The molecular weight excluding hydrogens is 564 g/mol. The van der Waals surface area contributed by atoms with E-state index in [2.05, 4.69) is 85.0 Å². The predicted octanol–water partition coefficient (Wildman–Crippen LogP) is 7.09. The van der Waals surface area contributed by atoms with Crippen LogP contribution in [-0.4, -0.2) is 12.5 Å². The van der Waals surface area contributed by atoms with Crippen LogP contribution in [-0.2, 0) is 30.7 Å². The Morgan fingerprint density at radius 2 is 1.09 bits per heavy atom. The molecule has 0 aromatic heterocycles. The molecule has 0 aliphatic rings. The summed E-state index contributed by atoms with van der Waals surface area (Å²) in [7, 11) is 0. The number of hydrogen-bond acceptors (Lipinski definition) is 2. The molecule has 4 aromatic carbocycles. The van der Waals surface area contributed by atoms with E-state index in [1.54, 1.807) is 0 Å². The minimum absolute atomic E-state index is 0.0331. The van der Waals surface area contributed by atoms with Crippen LogP contribution in [0.15, 0.2) is 118 Å². The average molecular weight is 594 g/mol. The van der Waals surface area contributed by atoms with Crippen molar-refractivity contribution in [3.63, 3.8) is 0 Å². The summed E-state index contributed by atoms with van der Waals surface area (Å²) in [5, 5.41) is 6.37. The van der Waals surface area contributed by atoms with Gasteiger partial charge in [0.1, 0.15) is 0 Å². The fraction of sp³-hybridized carbons (Fsp3) is 0.167. The first-order valence-electron chi connectivity index (χ1n) is 11.6. The fourth-order valence-electron chi connectivity index (χ4n) is 3.43. The van der Waals surface area contributed by atoms with Crippen molar-refractivity contribution >= 4 is 37.8 Å². The predicted molar refractivity (Wildman–Crippen MR) is 152 cm³/mol. The summed E-state index contributed by atoms with van der Waals surface area (Å²) in [6, 6.07) is 36.5. The molecule has 0 aliphatic heterocycles. The molecule has 5 heteroatoms. The third-order valence-electron chi connectivity index (χ3n) is 5.34. The zero-order chi connectivity index (χ0) is 24.7. The molecule has 0 spiro atoms. The van der Waals surface area contributed by atoms with Crippen LogP contribution in [0.4, 0.5) is 0 Å². The molecule has 180 valence electrons. The van der Waals surface area contributed by atoms with E-state index < -0.39 is 0 Å². The van der Waals surface area contributed by atoms with E-state index >= 15 is 0 Å². The van der Waals surface area contributed by atoms with Gasteiger partial charge in [0.15, 0.2) is 0 Å². The molecule has 2 N–H and O–H groups in total. The van der Waals surface area contributed by atoms with Crippen molar-refractivity contribution < 1.29 is 4.79 Å². The van der Waals surface area contributed by atoms with Crippen LogP contribution >= 0.6 is 31.9 Å². The second-order valence-electron chi connectivity index (χ2n) is 8.03. The molecule has 0 saturated heterocycles. The van der Waals surface area contributed by atoms with Gasteiger partial charge >= 0.3 is 0 Å². The van der Waals surface area contributed by atoms with Gasteiger partial charge in [-0.2, -0.15) is 0 Å². The van der Waals surface area contributed by atoms with Gasteiger partial charge in [0.25, 0.3) is 0 Å². The van der Waals surface area contributed by atoms with Gasteiger partial charge in [-0.1, -0.05) is 129 Å². The van der Waals surface area contributed by atoms with E-state index in [1.165, 1.54) is 15.6 Å². The zero-order valence-corrected chi connectivity index (χ0v) is 22.8. The molecule has 0 unspecified atom stereocenters. The van der Waals surface area contributed by atoms with E-state index in [4.69, 9.17) is 0 Å². The highest BCUT2D eigenvalue weighted by molar-refractivity contribution is 9.10. The Balaban J connectivity index is 0.000000196. The summed E-state index contributed by atoms with van der Waals surface area (Å²) in [6.45, 7) is 2.51. The zero-order valence-electron chi connectivity index (χ0n) is 19.6. The number of benzene rings is 4. The Kier molecular flexibility index (Phi) is 11.7. The fourth-order valence-corrected chi connectivity index (χ4v) is 4.33. The summed E-state index contributed by atoms with van der Waals surface area (Å²) < 4.78 is 2.17. The van der Waals surface area contributed by atoms with Crippen LogP contribution in [0.25, 0.3) is 0 Å². The van der Waals surface area contributed by atoms with E-state index in [-0.39, 0.29) is 5.91 Å². The van der Waals surface area contributed by atoms with Crippen LogP contribution < -0.4 is 10.6 Å². The number of amides is 1. The van der Waals surface area contributed by atoms with Gasteiger partial charge in [-0.05, 0) is 47.4 Å². The number of hydrogen-bond donors (Lipinski definition) is 2. The first kappa shape index (κ1) is 26.9. The number of carbonyl (C=O) groups is 1. The second-order valence-corrected chi connectivity index (χ2v) is 9.74. The van der Waals surface area contributed by atoms with Crippen LogP contribution in [0.3, 0.4) is 0 Å². The molecule has 4 aromatic rings. The molecular formula is C30H30Br2N2O. The van der Waals surface area contributed by atoms with Crippen LogP contribution in [0.2, 0.25) is 0 Å². The quantitative estimate of drug-likeness (QED) is 0.203. The van der Waals surface area contributed by atoms with E-state index in [0.717, 1.165) is 35.1 Å². The van der Waals surface area contributed by atoms with Crippen molar-refractivity contribution in [1.82, 2.24) is 10.6 Å². The Hall–Kier alpha value is -2.73. The number of rotatable bonds is 9. The van der Waals surface area contributed by atoms with Crippen molar-refractivity contribution in [2.75, 3.05) is 6.54 Å². The maximum Gasteiger partial charge on any atom is 0.224 e. The van der Waals surface area contributed by atoms with Crippen molar-refractivity contribution in [3.05, 3.63) is 140 Å². The maximum atomic E-state index is 11.8. The van der Waals surface area contributed by atoms with E-state index in [1.807, 2.05) is 66.7 Å². The monoisotopic (exact) mass is 592 g/mol. The standard InChI is InChI=1S/C15H14BrNO.C15H16BrN/c16-14-9-5-4-8-13(14)10-15(18)17-11-12-6-2-1-3-7-12;16-15-9-5-4-8-14(15)10-11-17-12-13-6-2-1-3-7-13/h1-9H,10-11H2,(H,17,18);1-9,17H,10-12H2. The van der Waals surface area contributed by atoms with Crippen molar-refractivity contribution in [1.29, 1.82) is 0 Å². The summed E-state index contributed by atoms with van der Waals surface area (Å²) in [5.41, 5.74) is 4.80. The van der Waals surface area contributed by atoms with Gasteiger partial charge < -0.3 is 10.6 Å². The second kappa shape index (κ2) is 15.3. The number of halogens is 2. The smallest absolute Gasteiger partial charge is 0.224 e. The summed E-state index contributed by atoms with van der Waals surface area (Å²) in [4.78, 5) is 11.8. The van der Waals surface area contributed by atoms with Gasteiger partial charge in [0.05, 0.1) is 6.42 Å². The summed E-state index contributed by atoms with van der Waals surface area (Å²) in [5.74, 6) is 0.0331.